The van der Waals surface area contributed by atoms with Crippen LogP contribution >= 0.6 is 36.6 Å². The Morgan fingerprint density at radius 3 is 2.75 bits per heavy atom. The number of rotatable bonds is 4. The summed E-state index contributed by atoms with van der Waals surface area (Å²) in [6.07, 6.45) is 3.08. The van der Waals surface area contributed by atoms with E-state index in [0.29, 0.717) is 17.8 Å². The maximum atomic E-state index is 11.9. The van der Waals surface area contributed by atoms with Gasteiger partial charge in [0.05, 0.1) is 5.56 Å². The summed E-state index contributed by atoms with van der Waals surface area (Å²) in [5.74, 6) is 2.22. The van der Waals surface area contributed by atoms with Gasteiger partial charge in [-0.05, 0) is 6.07 Å². The highest BCUT2D eigenvalue weighted by Crippen LogP contribution is 2.09. The van der Waals surface area contributed by atoms with Crippen molar-refractivity contribution in [3.8, 4) is 0 Å². The predicted molar refractivity (Wildman–Crippen MR) is 89.2 cm³/mol. The molecule has 3 N–H and O–H groups in total. The van der Waals surface area contributed by atoms with E-state index in [-0.39, 0.29) is 30.7 Å². The van der Waals surface area contributed by atoms with Gasteiger partial charge in [-0.25, -0.2) is 0 Å². The van der Waals surface area contributed by atoms with Gasteiger partial charge >= 0.3 is 0 Å². The van der Waals surface area contributed by atoms with Crippen LogP contribution in [0.1, 0.15) is 10.4 Å². The van der Waals surface area contributed by atoms with Gasteiger partial charge in [0.25, 0.3) is 5.91 Å². The van der Waals surface area contributed by atoms with Gasteiger partial charge in [0, 0.05) is 55.8 Å². The van der Waals surface area contributed by atoms with Crippen LogP contribution in [0.15, 0.2) is 18.5 Å². The number of pyridine rings is 1. The van der Waals surface area contributed by atoms with Crippen molar-refractivity contribution in [1.82, 2.24) is 15.2 Å². The Labute approximate surface area is 135 Å². The molecule has 20 heavy (non-hydrogen) atoms. The average molecular weight is 339 g/mol. The van der Waals surface area contributed by atoms with Crippen molar-refractivity contribution in [3.05, 3.63) is 24.0 Å². The Morgan fingerprint density at radius 2 is 2.10 bits per heavy atom. The van der Waals surface area contributed by atoms with E-state index >= 15 is 0 Å². The van der Waals surface area contributed by atoms with Crippen molar-refractivity contribution in [2.45, 2.75) is 0 Å². The van der Waals surface area contributed by atoms with E-state index in [1.807, 2.05) is 11.8 Å². The van der Waals surface area contributed by atoms with Crippen LogP contribution in [-0.4, -0.2) is 53.5 Å². The number of nitrogens with one attached hydrogen (secondary N) is 1. The Balaban J connectivity index is 0.00000180. The first kappa shape index (κ1) is 19.3. The van der Waals surface area contributed by atoms with E-state index in [1.165, 1.54) is 17.7 Å². The Hall–Kier alpha value is -0.690. The minimum absolute atomic E-state index is 0. The first-order chi connectivity index (χ1) is 8.77. The van der Waals surface area contributed by atoms with Gasteiger partial charge in [-0.3, -0.25) is 14.7 Å². The van der Waals surface area contributed by atoms with Crippen LogP contribution in [0.3, 0.4) is 0 Å². The molecule has 0 aromatic carbocycles. The van der Waals surface area contributed by atoms with Crippen LogP contribution in [0.2, 0.25) is 0 Å². The molecule has 1 saturated heterocycles. The van der Waals surface area contributed by atoms with Crippen molar-refractivity contribution < 1.29 is 4.79 Å². The largest absolute Gasteiger partial charge is 0.398 e. The molecule has 5 nitrogen and oxygen atoms in total. The number of nitrogens with zero attached hydrogens (tertiary/aromatic N) is 2. The number of nitrogen functional groups attached to an aromatic ring is 1. The molecule has 0 bridgehead atoms. The molecule has 0 radical (unpaired) electrons. The van der Waals surface area contributed by atoms with Crippen LogP contribution in [0.4, 0.5) is 5.69 Å². The number of carbonyl (C=O) groups is 1. The molecule has 1 aliphatic rings. The summed E-state index contributed by atoms with van der Waals surface area (Å²) < 4.78 is 0. The lowest BCUT2D eigenvalue weighted by atomic mass is 10.2. The van der Waals surface area contributed by atoms with Crippen LogP contribution in [0, 0.1) is 0 Å². The second-order valence-corrected chi connectivity index (χ2v) is 5.40. The number of halogens is 2. The van der Waals surface area contributed by atoms with Crippen LogP contribution < -0.4 is 11.1 Å². The summed E-state index contributed by atoms with van der Waals surface area (Å²) in [4.78, 5) is 18.1. The fourth-order valence-electron chi connectivity index (χ4n) is 1.84. The fourth-order valence-corrected chi connectivity index (χ4v) is 2.82. The van der Waals surface area contributed by atoms with Gasteiger partial charge in [-0.1, -0.05) is 0 Å². The van der Waals surface area contributed by atoms with E-state index in [4.69, 9.17) is 5.73 Å². The van der Waals surface area contributed by atoms with Gasteiger partial charge in [-0.15, -0.1) is 24.8 Å². The van der Waals surface area contributed by atoms with Crippen molar-refractivity contribution in [2.75, 3.05) is 43.4 Å². The zero-order valence-corrected chi connectivity index (χ0v) is 13.5. The zero-order valence-electron chi connectivity index (χ0n) is 11.1. The highest BCUT2D eigenvalue weighted by atomic mass is 35.5. The summed E-state index contributed by atoms with van der Waals surface area (Å²) in [5.41, 5.74) is 6.64. The minimum Gasteiger partial charge on any atom is -0.398 e. The van der Waals surface area contributed by atoms with E-state index in [0.717, 1.165) is 19.6 Å². The third kappa shape index (κ3) is 5.75. The summed E-state index contributed by atoms with van der Waals surface area (Å²) >= 11 is 1.98. The molecule has 1 aliphatic heterocycles. The van der Waals surface area contributed by atoms with E-state index in [9.17, 15) is 4.79 Å². The van der Waals surface area contributed by atoms with E-state index in [1.54, 1.807) is 12.3 Å². The third-order valence-corrected chi connectivity index (χ3v) is 3.86. The first-order valence-corrected chi connectivity index (χ1v) is 7.20. The third-order valence-electron chi connectivity index (χ3n) is 2.92. The molecular formula is C12H20Cl2N4OS. The predicted octanol–water partition coefficient (Wildman–Crippen LogP) is 1.29. The van der Waals surface area contributed by atoms with Crippen molar-refractivity contribution in [2.24, 2.45) is 0 Å². The SMILES string of the molecule is Cl.Cl.Nc1ccncc1C(=O)NCCN1CCSCC1. The van der Waals surface area contributed by atoms with Crippen LogP contribution in [0.5, 0.6) is 0 Å². The quantitative estimate of drug-likeness (QED) is 0.865. The molecule has 2 heterocycles. The lowest BCUT2D eigenvalue weighted by Gasteiger charge is -2.26. The number of anilines is 1. The van der Waals surface area contributed by atoms with Gasteiger partial charge in [0.1, 0.15) is 0 Å². The van der Waals surface area contributed by atoms with Gasteiger partial charge in [-0.2, -0.15) is 11.8 Å². The molecule has 0 unspecified atom stereocenters. The van der Waals surface area contributed by atoms with Gasteiger partial charge < -0.3 is 11.1 Å². The highest BCUT2D eigenvalue weighted by molar-refractivity contribution is 7.99. The molecule has 1 aromatic heterocycles. The molecule has 2 rings (SSSR count). The lowest BCUT2D eigenvalue weighted by Crippen LogP contribution is -2.39. The molecule has 8 heteroatoms. The first-order valence-electron chi connectivity index (χ1n) is 6.05. The van der Waals surface area contributed by atoms with Crippen LogP contribution in [-0.2, 0) is 0 Å². The summed E-state index contributed by atoms with van der Waals surface area (Å²) in [6, 6.07) is 1.64. The molecule has 1 fully saturated rings. The van der Waals surface area contributed by atoms with Crippen molar-refractivity contribution >= 4 is 48.2 Å². The lowest BCUT2D eigenvalue weighted by molar-refractivity contribution is 0.0949. The number of thioether (sulfide) groups is 1. The number of hydrogen-bond donors (Lipinski definition) is 2. The fraction of sp³-hybridized carbons (Fsp3) is 0.500. The standard InChI is InChI=1S/C12H18N4OS.2ClH/c13-11-1-2-14-9-10(11)12(17)15-3-4-16-5-7-18-8-6-16;;/h1-2,9H,3-8H2,(H2,13,14)(H,15,17);2*1H. The molecule has 0 aliphatic carbocycles. The number of hydrogen-bond acceptors (Lipinski definition) is 5. The number of nitrogens with two attached hydrogens (primary N) is 1. The zero-order chi connectivity index (χ0) is 12.8. The van der Waals surface area contributed by atoms with Crippen molar-refractivity contribution in [3.63, 3.8) is 0 Å². The number of carbonyl (C=O) groups excluding carboxylic acids is 1. The molecular weight excluding hydrogens is 319 g/mol. The van der Waals surface area contributed by atoms with Gasteiger partial charge in [0.15, 0.2) is 0 Å². The van der Waals surface area contributed by atoms with E-state index in [2.05, 4.69) is 15.2 Å². The monoisotopic (exact) mass is 338 g/mol. The maximum Gasteiger partial charge on any atom is 0.254 e. The second kappa shape index (κ2) is 10.1. The van der Waals surface area contributed by atoms with Gasteiger partial charge in [0.2, 0.25) is 0 Å². The Bertz CT molecular complexity index is 416. The molecule has 0 spiro atoms. The summed E-state index contributed by atoms with van der Waals surface area (Å²) in [5, 5.41) is 2.88. The minimum atomic E-state index is -0.146. The summed E-state index contributed by atoms with van der Waals surface area (Å²) in [6.45, 7) is 3.76. The normalized spacial score (nSPS) is 14.8. The molecule has 0 atom stereocenters. The van der Waals surface area contributed by atoms with Crippen LogP contribution in [0.25, 0.3) is 0 Å². The average Bonchev–Trinajstić information content (AvgIpc) is 2.40. The molecule has 1 amide bonds. The van der Waals surface area contributed by atoms with E-state index < -0.39 is 0 Å². The second-order valence-electron chi connectivity index (χ2n) is 4.17. The molecule has 114 valence electrons. The molecule has 1 aromatic rings. The topological polar surface area (TPSA) is 71.2 Å². The Kier molecular flexibility index (Phi) is 9.75. The number of amides is 1. The summed E-state index contributed by atoms with van der Waals surface area (Å²) in [7, 11) is 0. The highest BCUT2D eigenvalue weighted by Gasteiger charge is 2.12. The molecule has 0 saturated carbocycles. The van der Waals surface area contributed by atoms with Crippen molar-refractivity contribution in [1.29, 1.82) is 0 Å². The maximum absolute atomic E-state index is 11.9. The Morgan fingerprint density at radius 1 is 1.40 bits per heavy atom. The smallest absolute Gasteiger partial charge is 0.254 e. The number of aromatic nitrogens is 1.